The summed E-state index contributed by atoms with van der Waals surface area (Å²) in [5.41, 5.74) is 11.3. The highest BCUT2D eigenvalue weighted by Crippen LogP contribution is 2.27. The number of Topliss-reactive ketones (excluding diaryl/α,β-unsaturated/α-hetero) is 1. The van der Waals surface area contributed by atoms with E-state index in [1.54, 1.807) is 27.2 Å². The molecule has 10 nitrogen and oxygen atoms in total. The lowest BCUT2D eigenvalue weighted by molar-refractivity contribution is -0.117. The van der Waals surface area contributed by atoms with Crippen LogP contribution in [0.4, 0.5) is 0 Å². The fourth-order valence-corrected chi connectivity index (χ4v) is 3.40. The maximum Gasteiger partial charge on any atom is 0.347 e. The van der Waals surface area contributed by atoms with Crippen LogP contribution in [0.25, 0.3) is 5.69 Å². The van der Waals surface area contributed by atoms with E-state index in [0.29, 0.717) is 18.0 Å². The van der Waals surface area contributed by atoms with Crippen LogP contribution in [0.3, 0.4) is 0 Å². The topological polar surface area (TPSA) is 162 Å². The van der Waals surface area contributed by atoms with Crippen LogP contribution in [-0.4, -0.2) is 47.1 Å². The quantitative estimate of drug-likeness (QED) is 0.238. The lowest BCUT2D eigenvalue weighted by Crippen LogP contribution is -2.15. The molecule has 0 saturated carbocycles. The van der Waals surface area contributed by atoms with Crippen LogP contribution in [0.1, 0.15) is 18.3 Å². The molecule has 35 heavy (non-hydrogen) atoms. The second-order valence-corrected chi connectivity index (χ2v) is 8.51. The molecule has 0 aliphatic rings. The van der Waals surface area contributed by atoms with Gasteiger partial charge in [-0.1, -0.05) is 6.07 Å². The van der Waals surface area contributed by atoms with Gasteiger partial charge in [0.15, 0.2) is 5.78 Å². The number of nitrogens with one attached hydrogen (secondary N) is 2. The van der Waals surface area contributed by atoms with Crippen molar-refractivity contribution in [3.63, 3.8) is 0 Å². The Morgan fingerprint density at radius 3 is 2.09 bits per heavy atom. The Morgan fingerprint density at radius 1 is 1.11 bits per heavy atom. The number of benzene rings is 2. The molecule has 1 aromatic heterocycles. The number of nitrogens with zero attached hydrogens (tertiary/aromatic N) is 2. The monoisotopic (exact) mass is 634 g/mol. The minimum atomic E-state index is -0.262. The van der Waals surface area contributed by atoms with Crippen molar-refractivity contribution in [2.24, 2.45) is 11.5 Å². The number of aromatic amines is 1. The molecular formula is C22H29Br2ClN6O4. The summed E-state index contributed by atoms with van der Waals surface area (Å²) in [6.45, 7) is 3.37. The number of hydrogen-bond donors (Lipinski definition) is 4. The van der Waals surface area contributed by atoms with E-state index in [9.17, 15) is 9.59 Å². The predicted octanol–water partition coefficient (Wildman–Crippen LogP) is 3.53. The maximum absolute atomic E-state index is 11.5. The van der Waals surface area contributed by atoms with Crippen molar-refractivity contribution >= 4 is 55.9 Å². The van der Waals surface area contributed by atoms with Crippen molar-refractivity contribution in [3.8, 4) is 17.2 Å². The fourth-order valence-electron chi connectivity index (χ4n) is 2.58. The summed E-state index contributed by atoms with van der Waals surface area (Å²) < 4.78 is 13.5. The molecule has 0 aliphatic heterocycles. The summed E-state index contributed by atoms with van der Waals surface area (Å²) in [6, 6.07) is 11.0. The molecule has 1 heterocycles. The number of aromatic nitrogens is 3. The first-order valence-corrected chi connectivity index (χ1v) is 11.4. The van der Waals surface area contributed by atoms with Crippen LogP contribution in [0.2, 0.25) is 0 Å². The van der Waals surface area contributed by atoms with E-state index in [1.165, 1.54) is 11.5 Å². The van der Waals surface area contributed by atoms with Crippen LogP contribution in [-0.2, 0) is 11.2 Å². The molecule has 0 saturated heterocycles. The number of halogens is 3. The molecule has 0 fully saturated rings. The molecule has 0 amide bonds. The normalized spacial score (nSPS) is 9.46. The smallest absolute Gasteiger partial charge is 0.347 e. The SMILES string of the molecule is CC(=N)N.COc1cc(-n2c(C)n[nH]c2=O)ccc1Br.COc1cc(CC(=O)CN)ccc1Br.Cl. The van der Waals surface area contributed by atoms with Gasteiger partial charge in [-0.25, -0.2) is 14.5 Å². The van der Waals surface area contributed by atoms with Gasteiger partial charge in [0.2, 0.25) is 0 Å². The average Bonchev–Trinajstić information content (AvgIpc) is 3.13. The van der Waals surface area contributed by atoms with Gasteiger partial charge in [-0.2, -0.15) is 5.10 Å². The van der Waals surface area contributed by atoms with Crippen molar-refractivity contribution in [2.75, 3.05) is 20.8 Å². The summed E-state index contributed by atoms with van der Waals surface area (Å²) in [5, 5.41) is 12.5. The predicted molar refractivity (Wildman–Crippen MR) is 146 cm³/mol. The molecule has 2 aromatic carbocycles. The molecule has 0 atom stereocenters. The van der Waals surface area contributed by atoms with Gasteiger partial charge in [0.1, 0.15) is 17.3 Å². The number of ketones is 1. The van der Waals surface area contributed by atoms with Crippen molar-refractivity contribution in [1.29, 1.82) is 5.41 Å². The highest BCUT2D eigenvalue weighted by Gasteiger charge is 2.09. The Morgan fingerprint density at radius 2 is 1.63 bits per heavy atom. The van der Waals surface area contributed by atoms with Gasteiger partial charge in [-0.15, -0.1) is 12.4 Å². The number of methoxy groups -OCH3 is 2. The highest BCUT2D eigenvalue weighted by atomic mass is 79.9. The van der Waals surface area contributed by atoms with Gasteiger partial charge in [0.25, 0.3) is 0 Å². The molecule has 0 bridgehead atoms. The number of carbonyl (C=O) groups is 1. The minimum Gasteiger partial charge on any atom is -0.496 e. The second-order valence-electron chi connectivity index (χ2n) is 6.80. The Labute approximate surface area is 226 Å². The summed E-state index contributed by atoms with van der Waals surface area (Å²) in [6.07, 6.45) is 0.361. The average molecular weight is 637 g/mol. The van der Waals surface area contributed by atoms with Gasteiger partial charge in [0, 0.05) is 12.5 Å². The van der Waals surface area contributed by atoms with Crippen molar-refractivity contribution in [3.05, 3.63) is 67.2 Å². The van der Waals surface area contributed by atoms with Gasteiger partial charge >= 0.3 is 5.69 Å². The number of ether oxygens (including phenoxy) is 2. The Balaban J connectivity index is 0.000000564. The zero-order chi connectivity index (χ0) is 25.8. The lowest BCUT2D eigenvalue weighted by Gasteiger charge is -2.07. The third kappa shape index (κ3) is 10.6. The van der Waals surface area contributed by atoms with Crippen LogP contribution < -0.4 is 26.6 Å². The standard InChI is InChI=1S/C10H10BrN3O2.C10H12BrNO2.C2H6N2.ClH/c1-6-12-13-10(15)14(6)7-3-4-8(11)9(5-7)16-2;1-14-10-5-7(2-3-9(10)11)4-8(13)6-12;1-2(3)4;/h3-5H,1-2H3,(H,13,15);2-3,5H,4,6,12H2,1H3;1H3,(H3,3,4);1H. The van der Waals surface area contributed by atoms with Crippen molar-refractivity contribution < 1.29 is 14.3 Å². The van der Waals surface area contributed by atoms with E-state index < -0.39 is 0 Å². The number of aryl methyl sites for hydroxylation is 1. The molecule has 192 valence electrons. The highest BCUT2D eigenvalue weighted by molar-refractivity contribution is 9.10. The molecule has 0 radical (unpaired) electrons. The summed E-state index contributed by atoms with van der Waals surface area (Å²) >= 11 is 6.69. The zero-order valence-electron chi connectivity index (χ0n) is 19.7. The number of carbonyl (C=O) groups excluding carboxylic acids is 1. The van der Waals surface area contributed by atoms with Gasteiger partial charge in [0.05, 0.1) is 41.2 Å². The van der Waals surface area contributed by atoms with Crippen molar-refractivity contribution in [2.45, 2.75) is 20.3 Å². The number of rotatable bonds is 6. The molecule has 0 unspecified atom stereocenters. The summed E-state index contributed by atoms with van der Waals surface area (Å²) in [5.74, 6) is 2.20. The number of amidine groups is 1. The molecular weight excluding hydrogens is 608 g/mol. The van der Waals surface area contributed by atoms with Gasteiger partial charge < -0.3 is 20.9 Å². The molecule has 3 aromatic rings. The first kappa shape index (κ1) is 32.3. The first-order chi connectivity index (χ1) is 16.0. The zero-order valence-corrected chi connectivity index (χ0v) is 23.7. The number of H-pyrrole nitrogens is 1. The summed E-state index contributed by atoms with van der Waals surface area (Å²) in [4.78, 5) is 22.6. The third-order valence-corrected chi connectivity index (χ3v) is 5.39. The van der Waals surface area contributed by atoms with Crippen LogP contribution in [0.15, 0.2) is 50.1 Å². The molecule has 3 rings (SSSR count). The van der Waals surface area contributed by atoms with Crippen LogP contribution >= 0.6 is 44.3 Å². The largest absolute Gasteiger partial charge is 0.496 e. The molecule has 0 aliphatic carbocycles. The van der Waals surface area contributed by atoms with Crippen LogP contribution in [0.5, 0.6) is 11.5 Å². The Hall–Kier alpha value is -2.67. The lowest BCUT2D eigenvalue weighted by atomic mass is 10.1. The minimum absolute atomic E-state index is 0. The third-order valence-electron chi connectivity index (χ3n) is 4.08. The van der Waals surface area contributed by atoms with Crippen molar-refractivity contribution in [1.82, 2.24) is 14.8 Å². The van der Waals surface area contributed by atoms with E-state index in [1.807, 2.05) is 30.3 Å². The van der Waals surface area contributed by atoms with Gasteiger partial charge in [-0.05, 0) is 75.5 Å². The maximum atomic E-state index is 11.5. The Bertz CT molecular complexity index is 1180. The molecule has 0 spiro atoms. The number of nitrogens with two attached hydrogens (primary N) is 2. The summed E-state index contributed by atoms with van der Waals surface area (Å²) in [7, 11) is 3.17. The van der Waals surface area contributed by atoms with Crippen LogP contribution in [0, 0.1) is 12.3 Å². The molecule has 13 heteroatoms. The van der Waals surface area contributed by atoms with Gasteiger partial charge in [-0.3, -0.25) is 10.2 Å². The fraction of sp³-hybridized carbons (Fsp3) is 0.273. The number of hydrogen-bond acceptors (Lipinski definition) is 7. The Kier molecular flexibility index (Phi) is 14.9. The molecule has 6 N–H and O–H groups in total. The van der Waals surface area contributed by atoms with E-state index >= 15 is 0 Å². The van der Waals surface area contributed by atoms with E-state index in [2.05, 4.69) is 42.1 Å². The van der Waals surface area contributed by atoms with E-state index in [4.69, 9.17) is 26.4 Å². The van der Waals surface area contributed by atoms with E-state index in [-0.39, 0.29) is 36.3 Å². The second kappa shape index (κ2) is 16.1. The van der Waals surface area contributed by atoms with E-state index in [0.717, 1.165) is 25.9 Å². The first-order valence-electron chi connectivity index (χ1n) is 9.86.